The highest BCUT2D eigenvalue weighted by atomic mass is 16.6. The molecule has 0 saturated heterocycles. The Morgan fingerprint density at radius 2 is 2.26 bits per heavy atom. The lowest BCUT2D eigenvalue weighted by atomic mass is 10.1. The van der Waals surface area contributed by atoms with E-state index in [9.17, 15) is 15.2 Å². The molecule has 1 aliphatic rings. The van der Waals surface area contributed by atoms with E-state index in [0.29, 0.717) is 18.2 Å². The molecule has 1 aliphatic carbocycles. The van der Waals surface area contributed by atoms with E-state index in [0.717, 1.165) is 13.0 Å². The van der Waals surface area contributed by atoms with Gasteiger partial charge in [-0.3, -0.25) is 15.0 Å². The van der Waals surface area contributed by atoms with Crippen LogP contribution in [-0.2, 0) is 0 Å². The van der Waals surface area contributed by atoms with Crippen LogP contribution >= 0.6 is 0 Å². The smallest absolute Gasteiger partial charge is 0.269 e. The zero-order valence-corrected chi connectivity index (χ0v) is 11.2. The molecule has 0 spiro atoms. The van der Waals surface area contributed by atoms with Gasteiger partial charge in [0.25, 0.3) is 5.69 Å². The predicted molar refractivity (Wildman–Crippen MR) is 72.9 cm³/mol. The molecule has 0 heterocycles. The van der Waals surface area contributed by atoms with Crippen LogP contribution in [0.1, 0.15) is 37.9 Å². The van der Waals surface area contributed by atoms with Crippen LogP contribution in [0.15, 0.2) is 24.3 Å². The van der Waals surface area contributed by atoms with Gasteiger partial charge in [0.1, 0.15) is 0 Å². The molecule has 0 amide bonds. The molecule has 5 nitrogen and oxygen atoms in total. The highest BCUT2D eigenvalue weighted by molar-refractivity contribution is 5.35. The van der Waals surface area contributed by atoms with Gasteiger partial charge in [-0.05, 0) is 31.4 Å². The standard InChI is InChI=1S/C14H20N2O3/c1-2-8-15(12-6-7-12)10-14(17)11-4-3-5-13(9-11)16(18)19/h3-5,9,12,14,17H,2,6-8,10H2,1H3. The zero-order valence-electron chi connectivity index (χ0n) is 11.2. The fraction of sp³-hybridized carbons (Fsp3) is 0.571. The van der Waals surface area contributed by atoms with Crippen molar-refractivity contribution in [2.75, 3.05) is 13.1 Å². The van der Waals surface area contributed by atoms with Crippen molar-refractivity contribution in [1.29, 1.82) is 0 Å². The maximum absolute atomic E-state index is 10.7. The Morgan fingerprint density at radius 3 is 2.84 bits per heavy atom. The molecule has 1 aromatic rings. The van der Waals surface area contributed by atoms with Crippen molar-refractivity contribution < 1.29 is 10.0 Å². The van der Waals surface area contributed by atoms with Crippen LogP contribution in [0, 0.1) is 10.1 Å². The molecular formula is C14H20N2O3. The molecule has 2 rings (SSSR count). The lowest BCUT2D eigenvalue weighted by Gasteiger charge is -2.24. The molecular weight excluding hydrogens is 244 g/mol. The van der Waals surface area contributed by atoms with Gasteiger partial charge < -0.3 is 5.11 Å². The third-order valence-corrected chi connectivity index (χ3v) is 3.45. The molecule has 1 saturated carbocycles. The predicted octanol–water partition coefficient (Wildman–Crippen LogP) is 2.50. The Morgan fingerprint density at radius 1 is 1.53 bits per heavy atom. The first-order chi connectivity index (χ1) is 9.11. The molecule has 104 valence electrons. The summed E-state index contributed by atoms with van der Waals surface area (Å²) in [6, 6.07) is 6.86. The zero-order chi connectivity index (χ0) is 13.8. The van der Waals surface area contributed by atoms with Crippen LogP contribution < -0.4 is 0 Å². The summed E-state index contributed by atoms with van der Waals surface area (Å²) in [6.07, 6.45) is 2.79. The Balaban J connectivity index is 2.03. The summed E-state index contributed by atoms with van der Waals surface area (Å²) in [6.45, 7) is 3.64. The number of hydrogen-bond donors (Lipinski definition) is 1. The molecule has 19 heavy (non-hydrogen) atoms. The average molecular weight is 264 g/mol. The number of aliphatic hydroxyl groups is 1. The molecule has 0 aromatic heterocycles. The Kier molecular flexibility index (Phi) is 4.50. The van der Waals surface area contributed by atoms with Crippen LogP contribution in [0.2, 0.25) is 0 Å². The van der Waals surface area contributed by atoms with Gasteiger partial charge in [-0.15, -0.1) is 0 Å². The van der Waals surface area contributed by atoms with Gasteiger partial charge in [-0.25, -0.2) is 0 Å². The third kappa shape index (κ3) is 3.75. The number of rotatable bonds is 7. The van der Waals surface area contributed by atoms with E-state index in [2.05, 4.69) is 11.8 Å². The lowest BCUT2D eigenvalue weighted by Crippen LogP contribution is -2.31. The number of non-ortho nitro benzene ring substituents is 1. The van der Waals surface area contributed by atoms with Gasteiger partial charge in [-0.2, -0.15) is 0 Å². The van der Waals surface area contributed by atoms with Crippen molar-refractivity contribution in [3.8, 4) is 0 Å². The minimum absolute atomic E-state index is 0.0324. The number of benzene rings is 1. The van der Waals surface area contributed by atoms with Gasteiger partial charge in [0.15, 0.2) is 0 Å². The molecule has 1 N–H and O–H groups in total. The van der Waals surface area contributed by atoms with Crippen molar-refractivity contribution in [3.63, 3.8) is 0 Å². The average Bonchev–Trinajstić information content (AvgIpc) is 3.22. The van der Waals surface area contributed by atoms with E-state index in [4.69, 9.17) is 0 Å². The van der Waals surface area contributed by atoms with Gasteiger partial charge in [0, 0.05) is 24.7 Å². The number of nitro groups is 1. The highest BCUT2D eigenvalue weighted by Crippen LogP contribution is 2.29. The maximum Gasteiger partial charge on any atom is 0.269 e. The van der Waals surface area contributed by atoms with E-state index in [-0.39, 0.29) is 5.69 Å². The summed E-state index contributed by atoms with van der Waals surface area (Å²) in [7, 11) is 0. The van der Waals surface area contributed by atoms with Gasteiger partial charge in [0.2, 0.25) is 0 Å². The second-order valence-electron chi connectivity index (χ2n) is 5.09. The molecule has 1 aromatic carbocycles. The molecule has 0 radical (unpaired) electrons. The SMILES string of the molecule is CCCN(CC(O)c1cccc([N+](=O)[O-])c1)C1CC1. The maximum atomic E-state index is 10.7. The highest BCUT2D eigenvalue weighted by Gasteiger charge is 2.29. The number of nitrogens with zero attached hydrogens (tertiary/aromatic N) is 2. The third-order valence-electron chi connectivity index (χ3n) is 3.45. The molecule has 1 unspecified atom stereocenters. The van der Waals surface area contributed by atoms with E-state index in [1.165, 1.54) is 25.0 Å². The van der Waals surface area contributed by atoms with Gasteiger partial charge in [0.05, 0.1) is 11.0 Å². The van der Waals surface area contributed by atoms with Crippen molar-refractivity contribution in [3.05, 3.63) is 39.9 Å². The summed E-state index contributed by atoms with van der Waals surface area (Å²) in [5.41, 5.74) is 0.654. The second kappa shape index (κ2) is 6.12. The Labute approximate surface area is 113 Å². The number of nitro benzene ring substituents is 1. The second-order valence-corrected chi connectivity index (χ2v) is 5.09. The van der Waals surface area contributed by atoms with Gasteiger partial charge >= 0.3 is 0 Å². The fourth-order valence-corrected chi connectivity index (χ4v) is 2.32. The minimum atomic E-state index is -0.660. The summed E-state index contributed by atoms with van der Waals surface area (Å²) in [5, 5.41) is 21.0. The normalized spacial score (nSPS) is 16.6. The van der Waals surface area contributed by atoms with E-state index < -0.39 is 11.0 Å². The molecule has 1 fully saturated rings. The summed E-state index contributed by atoms with van der Waals surface area (Å²) < 4.78 is 0. The topological polar surface area (TPSA) is 66.6 Å². The Hall–Kier alpha value is -1.46. The van der Waals surface area contributed by atoms with Crippen molar-refractivity contribution in [2.45, 2.75) is 38.3 Å². The van der Waals surface area contributed by atoms with Crippen LogP contribution in [0.5, 0.6) is 0 Å². The fourth-order valence-electron chi connectivity index (χ4n) is 2.32. The van der Waals surface area contributed by atoms with Gasteiger partial charge in [-0.1, -0.05) is 19.1 Å². The number of hydrogen-bond acceptors (Lipinski definition) is 4. The van der Waals surface area contributed by atoms with Crippen LogP contribution in [-0.4, -0.2) is 34.1 Å². The summed E-state index contributed by atoms with van der Waals surface area (Å²) >= 11 is 0. The van der Waals surface area contributed by atoms with Crippen LogP contribution in [0.3, 0.4) is 0 Å². The number of aliphatic hydroxyl groups excluding tert-OH is 1. The first-order valence-corrected chi connectivity index (χ1v) is 6.78. The van der Waals surface area contributed by atoms with Crippen molar-refractivity contribution >= 4 is 5.69 Å². The van der Waals surface area contributed by atoms with Crippen molar-refractivity contribution in [2.24, 2.45) is 0 Å². The monoisotopic (exact) mass is 264 g/mol. The quantitative estimate of drug-likeness (QED) is 0.607. The molecule has 5 heteroatoms. The first-order valence-electron chi connectivity index (χ1n) is 6.78. The Bertz CT molecular complexity index is 446. The van der Waals surface area contributed by atoms with Crippen molar-refractivity contribution in [1.82, 2.24) is 4.90 Å². The molecule has 0 bridgehead atoms. The first kappa shape index (κ1) is 14.0. The summed E-state index contributed by atoms with van der Waals surface area (Å²) in [4.78, 5) is 12.6. The minimum Gasteiger partial charge on any atom is -0.387 e. The van der Waals surface area contributed by atoms with E-state index >= 15 is 0 Å². The van der Waals surface area contributed by atoms with E-state index in [1.54, 1.807) is 12.1 Å². The van der Waals surface area contributed by atoms with Crippen LogP contribution in [0.25, 0.3) is 0 Å². The summed E-state index contributed by atoms with van der Waals surface area (Å²) in [5.74, 6) is 0. The molecule has 1 atom stereocenters. The van der Waals surface area contributed by atoms with Crippen LogP contribution in [0.4, 0.5) is 5.69 Å². The lowest BCUT2D eigenvalue weighted by molar-refractivity contribution is -0.385. The molecule has 0 aliphatic heterocycles. The largest absolute Gasteiger partial charge is 0.387 e. The van der Waals surface area contributed by atoms with E-state index in [1.807, 2.05) is 0 Å².